The zero-order valence-corrected chi connectivity index (χ0v) is 16.5. The number of hydrogen-bond donors (Lipinski definition) is 5. The highest BCUT2D eigenvalue weighted by atomic mass is 35.5. The fraction of sp³-hybridized carbons (Fsp3) is 0.312. The second kappa shape index (κ2) is 11.8. The van der Waals surface area contributed by atoms with Gasteiger partial charge in [-0.25, -0.2) is 9.59 Å². The fourth-order valence-electron chi connectivity index (χ4n) is 1.93. The number of carboxylic acids is 1. The van der Waals surface area contributed by atoms with Crippen molar-refractivity contribution in [1.29, 1.82) is 0 Å². The number of hydrogen-bond acceptors (Lipinski definition) is 6. The van der Waals surface area contributed by atoms with Gasteiger partial charge in [0.2, 0.25) is 17.8 Å². The van der Waals surface area contributed by atoms with E-state index < -0.39 is 42.5 Å². The van der Waals surface area contributed by atoms with Gasteiger partial charge in [-0.05, 0) is 17.7 Å². The Balaban J connectivity index is 2.58. The Bertz CT molecular complexity index is 797. The van der Waals surface area contributed by atoms with Crippen LogP contribution in [0.1, 0.15) is 12.0 Å². The van der Waals surface area contributed by atoms with Crippen LogP contribution in [0.3, 0.4) is 0 Å². The first-order valence-electron chi connectivity index (χ1n) is 8.10. The number of nitrogens with zero attached hydrogens (tertiary/aromatic N) is 1. The zero-order chi connectivity index (χ0) is 22.0. The molecule has 0 fully saturated rings. The van der Waals surface area contributed by atoms with Crippen molar-refractivity contribution >= 4 is 53.0 Å². The average molecular weight is 448 g/mol. The summed E-state index contributed by atoms with van der Waals surface area (Å²) in [6.07, 6.45) is -1.58. The third-order valence-electron chi connectivity index (χ3n) is 3.26. The summed E-state index contributed by atoms with van der Waals surface area (Å²) >= 11 is 11.9. The summed E-state index contributed by atoms with van der Waals surface area (Å²) in [6.45, 7) is -0.678. The smallest absolute Gasteiger partial charge is 0.436 e. The van der Waals surface area contributed by atoms with E-state index in [0.717, 1.165) is 0 Å². The van der Waals surface area contributed by atoms with Crippen LogP contribution in [0.15, 0.2) is 23.2 Å². The molecular weight excluding hydrogens is 429 g/mol. The number of carbonyl (C=O) groups is 4. The molecule has 1 rings (SSSR count). The molecule has 11 nitrogen and oxygen atoms in total. The molecule has 158 valence electrons. The van der Waals surface area contributed by atoms with Gasteiger partial charge in [0.15, 0.2) is 6.04 Å². The Morgan fingerprint density at radius 3 is 2.34 bits per heavy atom. The average Bonchev–Trinajstić information content (AvgIpc) is 2.61. The molecule has 1 aromatic carbocycles. The molecule has 0 aliphatic heterocycles. The maximum atomic E-state index is 12.0. The van der Waals surface area contributed by atoms with Crippen molar-refractivity contribution in [3.8, 4) is 0 Å². The van der Waals surface area contributed by atoms with E-state index >= 15 is 0 Å². The van der Waals surface area contributed by atoms with E-state index in [4.69, 9.17) is 39.8 Å². The van der Waals surface area contributed by atoms with Crippen molar-refractivity contribution < 1.29 is 29.0 Å². The van der Waals surface area contributed by atoms with Crippen molar-refractivity contribution in [2.75, 3.05) is 13.2 Å². The minimum atomic E-state index is -1.49. The van der Waals surface area contributed by atoms with Crippen LogP contribution in [-0.4, -0.2) is 54.1 Å². The molecule has 0 aliphatic carbocycles. The number of aliphatic carboxylic acids is 1. The van der Waals surface area contributed by atoms with Gasteiger partial charge < -0.3 is 26.6 Å². The lowest BCUT2D eigenvalue weighted by atomic mass is 10.1. The molecule has 0 saturated heterocycles. The number of nitrogens with one attached hydrogen (secondary N) is 2. The van der Waals surface area contributed by atoms with Gasteiger partial charge in [-0.3, -0.25) is 14.9 Å². The Labute approximate surface area is 175 Å². The number of carboxylic acid groups (broad SMARTS) is 1. The zero-order valence-electron chi connectivity index (χ0n) is 15.0. The molecule has 1 atom stereocenters. The predicted octanol–water partition coefficient (Wildman–Crippen LogP) is 0.0216. The van der Waals surface area contributed by atoms with Crippen LogP contribution in [-0.2, 0) is 25.5 Å². The molecule has 0 bridgehead atoms. The number of ether oxygens (including phenoxy) is 1. The maximum absolute atomic E-state index is 12.0. The molecule has 0 unspecified atom stereocenters. The second-order valence-electron chi connectivity index (χ2n) is 5.50. The molecule has 13 heteroatoms. The van der Waals surface area contributed by atoms with E-state index in [9.17, 15) is 19.2 Å². The van der Waals surface area contributed by atoms with Gasteiger partial charge in [-0.2, -0.15) is 0 Å². The molecule has 7 N–H and O–H groups in total. The van der Waals surface area contributed by atoms with Crippen LogP contribution in [0.2, 0.25) is 10.0 Å². The minimum absolute atomic E-state index is 0.0257. The standard InChI is InChI=1S/C16H19Cl2N5O6/c17-9-2-1-3-10(18)8(9)6-13(25)22-15(20)23-16(28)29-7-11(14(26)27)21-12(24)4-5-19/h1-3,11H,4-7,19H2,(H,21,24)(H,26,27)(H3,20,22,23,25,28)/t11-/m0/s1. The molecule has 0 aliphatic rings. The number of carbonyl (C=O) groups excluding carboxylic acids is 3. The third kappa shape index (κ3) is 8.77. The van der Waals surface area contributed by atoms with Crippen LogP contribution in [0.4, 0.5) is 4.79 Å². The Morgan fingerprint density at radius 2 is 1.79 bits per heavy atom. The molecule has 0 radical (unpaired) electrons. The van der Waals surface area contributed by atoms with Crippen molar-refractivity contribution in [2.45, 2.75) is 18.9 Å². The summed E-state index contributed by atoms with van der Waals surface area (Å²) in [4.78, 5) is 49.3. The van der Waals surface area contributed by atoms with Gasteiger partial charge in [-0.1, -0.05) is 29.3 Å². The van der Waals surface area contributed by atoms with E-state index in [1.807, 2.05) is 0 Å². The van der Waals surface area contributed by atoms with Crippen LogP contribution in [0, 0.1) is 0 Å². The molecule has 1 aromatic rings. The Hall–Kier alpha value is -2.89. The minimum Gasteiger partial charge on any atom is -0.480 e. The van der Waals surface area contributed by atoms with Crippen LogP contribution in [0.25, 0.3) is 0 Å². The number of aliphatic imine (C=N–C) groups is 1. The van der Waals surface area contributed by atoms with Crippen LogP contribution >= 0.6 is 23.2 Å². The summed E-state index contributed by atoms with van der Waals surface area (Å²) < 4.78 is 4.63. The van der Waals surface area contributed by atoms with E-state index in [2.05, 4.69) is 20.4 Å². The van der Waals surface area contributed by atoms with E-state index in [-0.39, 0.29) is 29.4 Å². The third-order valence-corrected chi connectivity index (χ3v) is 3.96. The van der Waals surface area contributed by atoms with Gasteiger partial charge in [0.25, 0.3) is 0 Å². The highest BCUT2D eigenvalue weighted by Crippen LogP contribution is 2.24. The Kier molecular flexibility index (Phi) is 9.86. The summed E-state index contributed by atoms with van der Waals surface area (Å²) in [7, 11) is 0. The largest absolute Gasteiger partial charge is 0.480 e. The monoisotopic (exact) mass is 447 g/mol. The molecule has 0 aromatic heterocycles. The van der Waals surface area contributed by atoms with Crippen molar-refractivity contribution in [3.63, 3.8) is 0 Å². The normalized spacial score (nSPS) is 12.0. The second-order valence-corrected chi connectivity index (χ2v) is 6.31. The van der Waals surface area contributed by atoms with Crippen molar-refractivity contribution in [3.05, 3.63) is 33.8 Å². The summed E-state index contributed by atoms with van der Waals surface area (Å²) in [6, 6.07) is 3.22. The Morgan fingerprint density at radius 1 is 1.17 bits per heavy atom. The van der Waals surface area contributed by atoms with Gasteiger partial charge >= 0.3 is 12.1 Å². The number of amides is 3. The number of halogens is 2. The lowest BCUT2D eigenvalue weighted by molar-refractivity contribution is -0.142. The maximum Gasteiger partial charge on any atom is 0.436 e. The van der Waals surface area contributed by atoms with Gasteiger partial charge in [0.1, 0.15) is 6.61 Å². The van der Waals surface area contributed by atoms with E-state index in [0.29, 0.717) is 5.56 Å². The molecule has 0 saturated carbocycles. The highest BCUT2D eigenvalue weighted by Gasteiger charge is 2.21. The number of benzene rings is 1. The number of rotatable bonds is 8. The molecule has 0 spiro atoms. The first-order valence-corrected chi connectivity index (χ1v) is 8.85. The topological polar surface area (TPSA) is 186 Å². The number of guanidine groups is 1. The van der Waals surface area contributed by atoms with Gasteiger partial charge in [0.05, 0.1) is 6.42 Å². The van der Waals surface area contributed by atoms with Gasteiger partial charge in [-0.15, -0.1) is 4.99 Å². The lowest BCUT2D eigenvalue weighted by Gasteiger charge is -2.13. The summed E-state index contributed by atoms with van der Waals surface area (Å²) in [5.74, 6) is -3.27. The lowest BCUT2D eigenvalue weighted by Crippen LogP contribution is -2.45. The first kappa shape index (κ1) is 24.1. The van der Waals surface area contributed by atoms with Crippen molar-refractivity contribution in [1.82, 2.24) is 10.6 Å². The first-order chi connectivity index (χ1) is 13.6. The van der Waals surface area contributed by atoms with E-state index in [1.165, 1.54) is 0 Å². The highest BCUT2D eigenvalue weighted by molar-refractivity contribution is 6.36. The van der Waals surface area contributed by atoms with E-state index in [1.54, 1.807) is 18.2 Å². The molecular formula is C16H19Cl2N5O6. The number of nitrogens with two attached hydrogens (primary N) is 2. The van der Waals surface area contributed by atoms with Gasteiger partial charge in [0, 0.05) is 23.0 Å². The fourth-order valence-corrected chi connectivity index (χ4v) is 2.47. The quantitative estimate of drug-likeness (QED) is 0.272. The van der Waals surface area contributed by atoms with Crippen molar-refractivity contribution in [2.24, 2.45) is 16.5 Å². The SMILES string of the molecule is NCCC(=O)N[C@@H](COC(=O)N=C(N)NC(=O)Cc1c(Cl)cccc1Cl)C(=O)O. The molecule has 0 heterocycles. The summed E-state index contributed by atoms with van der Waals surface area (Å²) in [5, 5.41) is 13.8. The van der Waals surface area contributed by atoms with Crippen LogP contribution < -0.4 is 22.1 Å². The summed E-state index contributed by atoms with van der Waals surface area (Å²) in [5.41, 5.74) is 11.0. The molecule has 3 amide bonds. The molecule has 29 heavy (non-hydrogen) atoms. The van der Waals surface area contributed by atoms with Crippen LogP contribution in [0.5, 0.6) is 0 Å². The predicted molar refractivity (Wildman–Crippen MR) is 105 cm³/mol.